The number of urea groups is 1. The minimum atomic E-state index is 0.0458. The average Bonchev–Trinajstić information content (AvgIpc) is 3.10. The van der Waals surface area contributed by atoms with Crippen molar-refractivity contribution >= 4 is 6.03 Å². The maximum absolute atomic E-state index is 12.1. The number of nitrogens with one attached hydrogen (secondary N) is 2. The summed E-state index contributed by atoms with van der Waals surface area (Å²) < 4.78 is 5.35. The Kier molecular flexibility index (Phi) is 4.20. The second-order valence-corrected chi connectivity index (χ2v) is 7.20. The third kappa shape index (κ3) is 3.46. The SMILES string of the molecule is C[C@H]1CC1CC1(NC(=O)NCC2CCOCC2)CCC1. The van der Waals surface area contributed by atoms with Crippen LogP contribution in [0.1, 0.15) is 51.9 Å². The molecule has 3 aliphatic rings. The normalized spacial score (nSPS) is 32.2. The van der Waals surface area contributed by atoms with Crippen LogP contribution in [0.25, 0.3) is 0 Å². The zero-order chi connectivity index (χ0) is 14.0. The first kappa shape index (κ1) is 14.2. The Bertz CT molecular complexity index is 348. The largest absolute Gasteiger partial charge is 0.381 e. The molecular weight excluding hydrogens is 252 g/mol. The van der Waals surface area contributed by atoms with Gasteiger partial charge in [0.25, 0.3) is 0 Å². The van der Waals surface area contributed by atoms with Gasteiger partial charge < -0.3 is 15.4 Å². The molecule has 114 valence electrons. The molecule has 1 unspecified atom stereocenters. The molecule has 2 N–H and O–H groups in total. The first-order chi connectivity index (χ1) is 9.67. The van der Waals surface area contributed by atoms with Gasteiger partial charge in [-0.3, -0.25) is 0 Å². The van der Waals surface area contributed by atoms with Crippen LogP contribution in [0, 0.1) is 17.8 Å². The van der Waals surface area contributed by atoms with Crippen molar-refractivity contribution in [2.24, 2.45) is 17.8 Å². The van der Waals surface area contributed by atoms with Crippen LogP contribution < -0.4 is 10.6 Å². The predicted molar refractivity (Wildman–Crippen MR) is 78.5 cm³/mol. The molecule has 1 saturated heterocycles. The van der Waals surface area contributed by atoms with E-state index in [0.717, 1.165) is 44.4 Å². The van der Waals surface area contributed by atoms with E-state index in [1.165, 1.54) is 32.1 Å². The Hall–Kier alpha value is -0.770. The molecular formula is C16H28N2O2. The molecule has 4 heteroatoms. The van der Waals surface area contributed by atoms with Gasteiger partial charge in [0.15, 0.2) is 0 Å². The topological polar surface area (TPSA) is 50.4 Å². The first-order valence-corrected chi connectivity index (χ1v) is 8.31. The fraction of sp³-hybridized carbons (Fsp3) is 0.938. The zero-order valence-corrected chi connectivity index (χ0v) is 12.6. The van der Waals surface area contributed by atoms with Crippen LogP contribution in [0.3, 0.4) is 0 Å². The molecule has 20 heavy (non-hydrogen) atoms. The molecule has 0 radical (unpaired) electrons. The van der Waals surface area contributed by atoms with Crippen molar-refractivity contribution in [3.8, 4) is 0 Å². The fourth-order valence-electron chi connectivity index (χ4n) is 3.64. The number of amides is 2. The molecule has 0 aromatic heterocycles. The van der Waals surface area contributed by atoms with Crippen LogP contribution in [0.2, 0.25) is 0 Å². The second kappa shape index (κ2) is 5.92. The van der Waals surface area contributed by atoms with Crippen molar-refractivity contribution in [1.82, 2.24) is 10.6 Å². The van der Waals surface area contributed by atoms with Gasteiger partial charge >= 0.3 is 6.03 Å². The summed E-state index contributed by atoms with van der Waals surface area (Å²) in [6, 6.07) is 0.0458. The molecule has 0 bridgehead atoms. The second-order valence-electron chi connectivity index (χ2n) is 7.20. The standard InChI is InChI=1S/C16H28N2O2/c1-12-9-14(12)10-16(5-2-6-16)18-15(19)17-11-13-3-7-20-8-4-13/h12-14H,2-11H2,1H3,(H2,17,18,19)/t12-,14?/m0/s1. The van der Waals surface area contributed by atoms with Crippen LogP contribution >= 0.6 is 0 Å². The van der Waals surface area contributed by atoms with Gasteiger partial charge in [-0.2, -0.15) is 0 Å². The molecule has 3 fully saturated rings. The number of carbonyl (C=O) groups excluding carboxylic acids is 1. The molecule has 3 rings (SSSR count). The molecule has 2 atom stereocenters. The maximum atomic E-state index is 12.1. The summed E-state index contributed by atoms with van der Waals surface area (Å²) in [5, 5.41) is 6.36. The summed E-state index contributed by atoms with van der Waals surface area (Å²) in [5.41, 5.74) is 0.120. The fourth-order valence-corrected chi connectivity index (χ4v) is 3.64. The van der Waals surface area contributed by atoms with Crippen molar-refractivity contribution in [3.63, 3.8) is 0 Å². The molecule has 2 saturated carbocycles. The maximum Gasteiger partial charge on any atom is 0.315 e. The van der Waals surface area contributed by atoms with Crippen LogP contribution in [-0.4, -0.2) is 31.3 Å². The first-order valence-electron chi connectivity index (χ1n) is 8.31. The van der Waals surface area contributed by atoms with Crippen molar-refractivity contribution in [3.05, 3.63) is 0 Å². The van der Waals surface area contributed by atoms with Crippen LogP contribution in [0.15, 0.2) is 0 Å². The predicted octanol–water partition coefficient (Wildman–Crippen LogP) is 2.68. The number of hydrogen-bond acceptors (Lipinski definition) is 2. The smallest absolute Gasteiger partial charge is 0.315 e. The average molecular weight is 280 g/mol. The van der Waals surface area contributed by atoms with E-state index in [4.69, 9.17) is 4.74 Å². The number of hydrogen-bond donors (Lipinski definition) is 2. The van der Waals surface area contributed by atoms with Crippen LogP contribution in [0.4, 0.5) is 4.79 Å². The third-order valence-electron chi connectivity index (χ3n) is 5.51. The summed E-state index contributed by atoms with van der Waals surface area (Å²) in [6.07, 6.45) is 8.30. The summed E-state index contributed by atoms with van der Waals surface area (Å²) in [7, 11) is 0. The molecule has 1 heterocycles. The van der Waals surface area contributed by atoms with Crippen LogP contribution in [-0.2, 0) is 4.74 Å². The van der Waals surface area contributed by atoms with E-state index in [2.05, 4.69) is 17.6 Å². The number of ether oxygens (including phenoxy) is 1. The van der Waals surface area contributed by atoms with Gasteiger partial charge in [-0.25, -0.2) is 4.79 Å². The summed E-state index contributed by atoms with van der Waals surface area (Å²) in [5.74, 6) is 2.32. The van der Waals surface area contributed by atoms with E-state index in [-0.39, 0.29) is 11.6 Å². The minimum Gasteiger partial charge on any atom is -0.381 e. The Morgan fingerprint density at radius 1 is 1.30 bits per heavy atom. The van der Waals surface area contributed by atoms with E-state index in [0.29, 0.717) is 5.92 Å². The molecule has 2 aliphatic carbocycles. The third-order valence-corrected chi connectivity index (χ3v) is 5.51. The summed E-state index contributed by atoms with van der Waals surface area (Å²) in [4.78, 5) is 12.1. The zero-order valence-electron chi connectivity index (χ0n) is 12.6. The van der Waals surface area contributed by atoms with Crippen molar-refractivity contribution < 1.29 is 9.53 Å². The van der Waals surface area contributed by atoms with E-state index in [1.54, 1.807) is 0 Å². The highest BCUT2D eigenvalue weighted by molar-refractivity contribution is 5.75. The Balaban J connectivity index is 1.40. The minimum absolute atomic E-state index is 0.0458. The highest BCUT2D eigenvalue weighted by Gasteiger charge is 2.45. The van der Waals surface area contributed by atoms with Gasteiger partial charge in [0.2, 0.25) is 0 Å². The van der Waals surface area contributed by atoms with Crippen LogP contribution in [0.5, 0.6) is 0 Å². The quantitative estimate of drug-likeness (QED) is 0.813. The van der Waals surface area contributed by atoms with Gasteiger partial charge in [0, 0.05) is 25.3 Å². The molecule has 2 amide bonds. The van der Waals surface area contributed by atoms with Gasteiger partial charge in [-0.05, 0) is 62.7 Å². The molecule has 0 aromatic carbocycles. The highest BCUT2D eigenvalue weighted by atomic mass is 16.5. The van der Waals surface area contributed by atoms with E-state index < -0.39 is 0 Å². The molecule has 0 aromatic rings. The summed E-state index contributed by atoms with van der Waals surface area (Å²) >= 11 is 0. The molecule has 4 nitrogen and oxygen atoms in total. The number of rotatable bonds is 5. The van der Waals surface area contributed by atoms with Crippen molar-refractivity contribution in [2.75, 3.05) is 19.8 Å². The van der Waals surface area contributed by atoms with E-state index >= 15 is 0 Å². The van der Waals surface area contributed by atoms with E-state index in [1.807, 2.05) is 0 Å². The summed E-state index contributed by atoms with van der Waals surface area (Å²) in [6.45, 7) is 4.81. The lowest BCUT2D eigenvalue weighted by Crippen LogP contribution is -2.57. The lowest BCUT2D eigenvalue weighted by atomic mass is 9.73. The molecule has 1 aliphatic heterocycles. The van der Waals surface area contributed by atoms with Gasteiger partial charge in [0.1, 0.15) is 0 Å². The van der Waals surface area contributed by atoms with Gasteiger partial charge in [0.05, 0.1) is 0 Å². The Labute approximate surface area is 122 Å². The molecule has 0 spiro atoms. The van der Waals surface area contributed by atoms with Crippen molar-refractivity contribution in [1.29, 1.82) is 0 Å². The monoisotopic (exact) mass is 280 g/mol. The highest BCUT2D eigenvalue weighted by Crippen LogP contribution is 2.48. The van der Waals surface area contributed by atoms with Crippen molar-refractivity contribution in [2.45, 2.75) is 57.4 Å². The Morgan fingerprint density at radius 2 is 2.00 bits per heavy atom. The van der Waals surface area contributed by atoms with Gasteiger partial charge in [-0.15, -0.1) is 0 Å². The lowest BCUT2D eigenvalue weighted by Gasteiger charge is -2.43. The van der Waals surface area contributed by atoms with Gasteiger partial charge in [-0.1, -0.05) is 6.92 Å². The number of carbonyl (C=O) groups is 1. The lowest BCUT2D eigenvalue weighted by molar-refractivity contribution is 0.0665. The van der Waals surface area contributed by atoms with E-state index in [9.17, 15) is 4.79 Å². The Morgan fingerprint density at radius 3 is 2.55 bits per heavy atom.